The molecule has 3 aromatic rings. The summed E-state index contributed by atoms with van der Waals surface area (Å²) in [6, 6.07) is 20.2. The molecule has 0 aliphatic carbocycles. The number of hydrogen-bond acceptors (Lipinski definition) is 7. The van der Waals surface area contributed by atoms with Crippen LogP contribution in [0.1, 0.15) is 35.6 Å². The fourth-order valence-corrected chi connectivity index (χ4v) is 5.53. The van der Waals surface area contributed by atoms with Crippen LogP contribution in [0, 0.1) is 11.6 Å². The zero-order chi connectivity index (χ0) is 27.4. The average molecular weight is 547 g/mol. The van der Waals surface area contributed by atoms with E-state index in [-0.39, 0.29) is 23.9 Å². The van der Waals surface area contributed by atoms with E-state index in [9.17, 15) is 13.6 Å². The minimum Gasteiger partial charge on any atom is -0.378 e. The summed E-state index contributed by atoms with van der Waals surface area (Å²) >= 11 is 1.42. The molecule has 1 N–H and O–H groups in total. The second-order valence-electron chi connectivity index (χ2n) is 9.47. The molecule has 10 heteroatoms. The molecule has 2 aliphatic rings. The first-order valence-corrected chi connectivity index (χ1v) is 13.5. The molecule has 0 saturated carbocycles. The quantitative estimate of drug-likeness (QED) is 0.327. The Hall–Kier alpha value is -4.05. The number of anilines is 1. The van der Waals surface area contributed by atoms with Crippen molar-refractivity contribution in [1.82, 2.24) is 10.4 Å². The number of nitrogens with zero attached hydrogens (tertiary/aromatic N) is 5. The smallest absolute Gasteiger partial charge is 0.242 e. The monoisotopic (exact) mass is 546 g/mol. The summed E-state index contributed by atoms with van der Waals surface area (Å²) in [4.78, 5) is 19.2. The fraction of sp³-hybridized carbons (Fsp3) is 0.241. The Bertz CT molecular complexity index is 1410. The van der Waals surface area contributed by atoms with E-state index >= 15 is 0 Å². The number of hydrazone groups is 2. The van der Waals surface area contributed by atoms with Gasteiger partial charge in [0, 0.05) is 37.5 Å². The zero-order valence-corrected chi connectivity index (χ0v) is 22.4. The lowest BCUT2D eigenvalue weighted by Crippen LogP contribution is -2.26. The van der Waals surface area contributed by atoms with Gasteiger partial charge in [0.1, 0.15) is 11.6 Å². The summed E-state index contributed by atoms with van der Waals surface area (Å²) in [5, 5.41) is 10.9. The van der Waals surface area contributed by atoms with Crippen LogP contribution >= 0.6 is 11.8 Å². The Morgan fingerprint density at radius 1 is 1.08 bits per heavy atom. The van der Waals surface area contributed by atoms with Gasteiger partial charge in [-0.2, -0.15) is 10.2 Å². The second kappa shape index (κ2) is 11.8. The summed E-state index contributed by atoms with van der Waals surface area (Å²) in [5.41, 5.74) is 6.07. The number of benzene rings is 3. The molecule has 2 heterocycles. The first-order valence-electron chi connectivity index (χ1n) is 12.5. The maximum Gasteiger partial charge on any atom is 0.242 e. The summed E-state index contributed by atoms with van der Waals surface area (Å²) in [6.07, 6.45) is 2.05. The molecule has 0 fully saturated rings. The van der Waals surface area contributed by atoms with Crippen LogP contribution in [-0.2, 0) is 4.79 Å². The van der Waals surface area contributed by atoms with Gasteiger partial charge in [-0.05, 0) is 35.4 Å². The zero-order valence-electron chi connectivity index (χ0n) is 21.6. The Morgan fingerprint density at radius 3 is 2.49 bits per heavy atom. The van der Waals surface area contributed by atoms with Crippen molar-refractivity contribution in [2.24, 2.45) is 15.2 Å². The van der Waals surface area contributed by atoms with Crippen LogP contribution in [0.3, 0.4) is 0 Å². The second-order valence-corrected chi connectivity index (χ2v) is 10.5. The van der Waals surface area contributed by atoms with Gasteiger partial charge in [-0.3, -0.25) is 9.79 Å². The lowest BCUT2D eigenvalue weighted by atomic mass is 9.98. The molecule has 0 aromatic heterocycles. The molecule has 3 aromatic carbocycles. The van der Waals surface area contributed by atoms with E-state index in [0.717, 1.165) is 22.5 Å². The van der Waals surface area contributed by atoms with E-state index in [4.69, 9.17) is 10.1 Å². The molecule has 0 saturated heterocycles. The van der Waals surface area contributed by atoms with Crippen LogP contribution in [0.5, 0.6) is 0 Å². The molecular formula is C29H28F2N6OS. The number of carbonyl (C=O) groups excluding carboxylic acids is 1. The van der Waals surface area contributed by atoms with E-state index in [1.807, 2.05) is 73.6 Å². The Morgan fingerprint density at radius 2 is 1.79 bits per heavy atom. The Labute approximate surface area is 230 Å². The fourth-order valence-electron chi connectivity index (χ4n) is 4.47. The number of thioether (sulfide) groups is 1. The van der Waals surface area contributed by atoms with Crippen molar-refractivity contribution in [3.05, 3.63) is 101 Å². The number of hydrogen-bond donors (Lipinski definition) is 1. The normalized spacial score (nSPS) is 18.8. The molecule has 2 unspecified atom stereocenters. The minimum absolute atomic E-state index is 0.0374. The number of carbonyl (C=O) groups is 1. The first-order chi connectivity index (χ1) is 18.9. The van der Waals surface area contributed by atoms with E-state index < -0.39 is 17.7 Å². The minimum atomic E-state index is -0.677. The molecule has 2 atom stereocenters. The van der Waals surface area contributed by atoms with Crippen LogP contribution < -0.4 is 10.3 Å². The molecule has 7 nitrogen and oxygen atoms in total. The van der Waals surface area contributed by atoms with Gasteiger partial charge in [-0.25, -0.2) is 19.2 Å². The first kappa shape index (κ1) is 26.6. The molecule has 0 spiro atoms. The van der Waals surface area contributed by atoms with Gasteiger partial charge in [0.05, 0.1) is 30.4 Å². The average Bonchev–Trinajstić information content (AvgIpc) is 3.57. The molecule has 2 aliphatic heterocycles. The molecule has 5 rings (SSSR count). The summed E-state index contributed by atoms with van der Waals surface area (Å²) in [6.45, 7) is 0. The standard InChI is InChI=1S/C29H28F2N6OS/c1-36(2)22-13-11-19(12-14-22)17-32-34-27(38)15-21-18-39-29(33-21)37-26(28-23(30)9-6-10-24(28)31)16-25(35-37)20-7-4-3-5-8-20/h3-14,17,21,26H,15-16,18H2,1-2H3,(H,34,38)/b32-17+. The van der Waals surface area contributed by atoms with Gasteiger partial charge in [0.15, 0.2) is 5.17 Å². The molecule has 1 amide bonds. The van der Waals surface area contributed by atoms with Gasteiger partial charge >= 0.3 is 0 Å². The largest absolute Gasteiger partial charge is 0.378 e. The van der Waals surface area contributed by atoms with Crippen molar-refractivity contribution >= 4 is 40.5 Å². The predicted molar refractivity (Wildman–Crippen MR) is 153 cm³/mol. The van der Waals surface area contributed by atoms with Gasteiger partial charge in [0.2, 0.25) is 5.91 Å². The summed E-state index contributed by atoms with van der Waals surface area (Å²) < 4.78 is 29.6. The molecular weight excluding hydrogens is 518 g/mol. The number of nitrogens with one attached hydrogen (secondary N) is 1. The van der Waals surface area contributed by atoms with E-state index in [0.29, 0.717) is 17.3 Å². The highest BCUT2D eigenvalue weighted by Crippen LogP contribution is 2.39. The predicted octanol–water partition coefficient (Wildman–Crippen LogP) is 5.19. The third kappa shape index (κ3) is 6.17. The van der Waals surface area contributed by atoms with E-state index in [1.165, 1.54) is 30.0 Å². The SMILES string of the molecule is CN(C)c1ccc(/C=N/NC(=O)CC2CSC(N3N=C(c4ccccc4)CC3c3c(F)cccc3F)=N2)cc1. The van der Waals surface area contributed by atoms with Gasteiger partial charge in [0.25, 0.3) is 0 Å². The van der Waals surface area contributed by atoms with Crippen LogP contribution in [0.25, 0.3) is 0 Å². The van der Waals surface area contributed by atoms with E-state index in [1.54, 1.807) is 11.2 Å². The third-order valence-electron chi connectivity index (χ3n) is 6.48. The van der Waals surface area contributed by atoms with Crippen molar-refractivity contribution in [1.29, 1.82) is 0 Å². The number of rotatable bonds is 7. The van der Waals surface area contributed by atoms with Gasteiger partial charge in [-0.1, -0.05) is 60.3 Å². The Kier molecular flexibility index (Phi) is 8.02. The lowest BCUT2D eigenvalue weighted by molar-refractivity contribution is -0.121. The number of amidine groups is 1. The maximum atomic E-state index is 14.8. The summed E-state index contributed by atoms with van der Waals surface area (Å²) in [5.74, 6) is -0.956. The third-order valence-corrected chi connectivity index (χ3v) is 7.58. The van der Waals surface area contributed by atoms with Crippen molar-refractivity contribution in [2.45, 2.75) is 24.9 Å². The highest BCUT2D eigenvalue weighted by molar-refractivity contribution is 8.14. The van der Waals surface area contributed by atoms with E-state index in [2.05, 4.69) is 10.5 Å². The van der Waals surface area contributed by atoms with Crippen LogP contribution in [0.2, 0.25) is 0 Å². The van der Waals surface area contributed by atoms with Crippen LogP contribution in [-0.4, -0.2) is 53.9 Å². The number of halogens is 2. The topological polar surface area (TPSA) is 72.7 Å². The molecule has 0 bridgehead atoms. The highest BCUT2D eigenvalue weighted by atomic mass is 32.2. The number of aliphatic imine (C=N–C) groups is 1. The van der Waals surface area contributed by atoms with Crippen molar-refractivity contribution in [3.63, 3.8) is 0 Å². The van der Waals surface area contributed by atoms with Crippen molar-refractivity contribution in [3.8, 4) is 0 Å². The van der Waals surface area contributed by atoms with Gasteiger partial charge < -0.3 is 4.90 Å². The highest BCUT2D eigenvalue weighted by Gasteiger charge is 2.37. The number of amides is 1. The van der Waals surface area contributed by atoms with Crippen LogP contribution in [0.4, 0.5) is 14.5 Å². The summed E-state index contributed by atoms with van der Waals surface area (Å²) in [7, 11) is 3.93. The maximum absolute atomic E-state index is 14.8. The lowest BCUT2D eigenvalue weighted by Gasteiger charge is -2.23. The van der Waals surface area contributed by atoms with Crippen molar-refractivity contribution in [2.75, 3.05) is 24.7 Å². The molecule has 0 radical (unpaired) electrons. The molecule has 200 valence electrons. The Balaban J connectivity index is 1.28. The van der Waals surface area contributed by atoms with Crippen LogP contribution in [0.15, 0.2) is 88.0 Å². The van der Waals surface area contributed by atoms with Crippen molar-refractivity contribution < 1.29 is 13.6 Å². The molecule has 39 heavy (non-hydrogen) atoms. The van der Waals surface area contributed by atoms with Gasteiger partial charge in [-0.15, -0.1) is 0 Å².